The molecular formula is C25H26Cl2N2O4. The maximum Gasteiger partial charge on any atom is 0.319 e. The highest BCUT2D eigenvalue weighted by atomic mass is 35.5. The number of carbonyl (C=O) groups excluding carboxylic acids is 2. The molecule has 3 aliphatic heterocycles. The van der Waals surface area contributed by atoms with Gasteiger partial charge < -0.3 is 14.8 Å². The van der Waals surface area contributed by atoms with E-state index in [0.29, 0.717) is 34.3 Å². The maximum absolute atomic E-state index is 13.2. The smallest absolute Gasteiger partial charge is 0.319 e. The van der Waals surface area contributed by atoms with Gasteiger partial charge >= 0.3 is 5.97 Å². The number of piperidine rings is 2. The fourth-order valence-electron chi connectivity index (χ4n) is 5.67. The summed E-state index contributed by atoms with van der Waals surface area (Å²) in [5.74, 6) is -2.05. The Hall–Kier alpha value is -2.28. The summed E-state index contributed by atoms with van der Waals surface area (Å²) in [5.41, 5.74) is 0.977. The molecule has 4 unspecified atom stereocenters. The molecule has 2 saturated heterocycles. The number of hydrogen-bond acceptors (Lipinski definition) is 5. The lowest BCUT2D eigenvalue weighted by Gasteiger charge is -2.58. The summed E-state index contributed by atoms with van der Waals surface area (Å²) in [7, 11) is 0. The molecule has 2 aromatic carbocycles. The molecule has 1 N–H and O–H groups in total. The number of hydrogen-bond donors (Lipinski definition) is 1. The van der Waals surface area contributed by atoms with Gasteiger partial charge in [-0.05, 0) is 31.5 Å². The number of ether oxygens (including phenoxy) is 2. The average molecular weight is 489 g/mol. The molecular weight excluding hydrogens is 463 g/mol. The number of nitrogens with zero attached hydrogens (tertiary/aromatic N) is 1. The first-order valence-electron chi connectivity index (χ1n) is 11.3. The van der Waals surface area contributed by atoms with Crippen molar-refractivity contribution >= 4 is 35.1 Å². The van der Waals surface area contributed by atoms with Gasteiger partial charge in [-0.1, -0.05) is 53.5 Å². The van der Waals surface area contributed by atoms with Gasteiger partial charge in [-0.2, -0.15) is 0 Å². The molecule has 2 aromatic rings. The van der Waals surface area contributed by atoms with Crippen molar-refractivity contribution in [3.63, 3.8) is 0 Å². The van der Waals surface area contributed by atoms with Crippen LogP contribution in [0.25, 0.3) is 0 Å². The van der Waals surface area contributed by atoms with E-state index in [9.17, 15) is 9.59 Å². The number of carbonyl (C=O) groups is 2. The molecule has 0 radical (unpaired) electrons. The number of nitrogens with one attached hydrogen (secondary N) is 1. The van der Waals surface area contributed by atoms with E-state index >= 15 is 0 Å². The third-order valence-electron chi connectivity index (χ3n) is 7.26. The van der Waals surface area contributed by atoms with Crippen LogP contribution in [0.1, 0.15) is 43.4 Å². The van der Waals surface area contributed by atoms with Crippen molar-refractivity contribution in [3.05, 3.63) is 63.6 Å². The number of halogens is 2. The second kappa shape index (κ2) is 8.49. The average Bonchev–Trinajstić information content (AvgIpc) is 2.79. The molecule has 3 heterocycles. The van der Waals surface area contributed by atoms with E-state index in [-0.39, 0.29) is 24.5 Å². The van der Waals surface area contributed by atoms with Crippen molar-refractivity contribution in [1.82, 2.24) is 10.2 Å². The number of likely N-dealkylation sites (tertiary alicyclic amines) is 1. The molecule has 3 aliphatic rings. The van der Waals surface area contributed by atoms with Crippen molar-refractivity contribution in [1.29, 1.82) is 0 Å². The third-order valence-corrected chi connectivity index (χ3v) is 7.76. The highest BCUT2D eigenvalue weighted by Crippen LogP contribution is 2.56. The van der Waals surface area contributed by atoms with Gasteiger partial charge in [0.05, 0.1) is 11.6 Å². The predicted molar refractivity (Wildman–Crippen MR) is 125 cm³/mol. The lowest BCUT2D eigenvalue weighted by Crippen LogP contribution is -2.73. The van der Waals surface area contributed by atoms with Crippen LogP contribution in [-0.2, 0) is 14.3 Å². The van der Waals surface area contributed by atoms with Crippen molar-refractivity contribution < 1.29 is 19.1 Å². The first-order chi connectivity index (χ1) is 15.8. The molecule has 0 aliphatic carbocycles. The van der Waals surface area contributed by atoms with Gasteiger partial charge in [-0.15, -0.1) is 0 Å². The first kappa shape index (κ1) is 22.5. The van der Waals surface area contributed by atoms with Crippen molar-refractivity contribution in [2.45, 2.75) is 38.0 Å². The number of rotatable bonds is 4. The fourth-order valence-corrected chi connectivity index (χ4v) is 6.22. The SMILES string of the molecule is CCOC(=O)C1C(=O)NC23CCN([C@@H](C)c4ccccc4)CC2C1c1cc(Cl)cc(Cl)c1O3. The zero-order valence-corrected chi connectivity index (χ0v) is 20.0. The normalized spacial score (nSPS) is 29.2. The Morgan fingerprint density at radius 1 is 1.30 bits per heavy atom. The Kier molecular flexibility index (Phi) is 5.79. The van der Waals surface area contributed by atoms with E-state index < -0.39 is 23.5 Å². The minimum atomic E-state index is -0.993. The number of esters is 1. The molecule has 174 valence electrons. The monoisotopic (exact) mass is 488 g/mol. The van der Waals surface area contributed by atoms with Gasteiger partial charge in [0.2, 0.25) is 5.91 Å². The molecule has 5 atom stereocenters. The highest BCUT2D eigenvalue weighted by molar-refractivity contribution is 6.35. The van der Waals surface area contributed by atoms with E-state index in [4.69, 9.17) is 32.7 Å². The van der Waals surface area contributed by atoms with E-state index in [2.05, 4.69) is 29.3 Å². The zero-order chi connectivity index (χ0) is 23.3. The topological polar surface area (TPSA) is 67.9 Å². The lowest BCUT2D eigenvalue weighted by atomic mass is 9.64. The Morgan fingerprint density at radius 3 is 2.79 bits per heavy atom. The van der Waals surface area contributed by atoms with Crippen LogP contribution in [0.4, 0.5) is 0 Å². The largest absolute Gasteiger partial charge is 0.466 e. The van der Waals surface area contributed by atoms with Crippen LogP contribution in [0.5, 0.6) is 5.75 Å². The molecule has 2 bridgehead atoms. The van der Waals surface area contributed by atoms with Crippen molar-refractivity contribution in [2.24, 2.45) is 11.8 Å². The summed E-state index contributed by atoms with van der Waals surface area (Å²) in [5, 5.41) is 3.87. The molecule has 0 saturated carbocycles. The standard InChI is InChI=1S/C25H26Cl2N2O4/c1-3-32-24(31)21-20-17-11-16(26)12-19(27)22(17)33-25(28-23(21)30)9-10-29(13-18(20)25)14(2)15-7-5-4-6-8-15/h4-8,11-12,14,18,20-21H,3,9-10,13H2,1-2H3,(H,28,30)/t14-,18?,20?,21?,25?/m0/s1. The van der Waals surface area contributed by atoms with Gasteiger partial charge in [0.15, 0.2) is 5.72 Å². The van der Waals surface area contributed by atoms with Gasteiger partial charge in [-0.25, -0.2) is 0 Å². The molecule has 1 amide bonds. The van der Waals surface area contributed by atoms with Crippen LogP contribution in [0.15, 0.2) is 42.5 Å². The summed E-state index contributed by atoms with van der Waals surface area (Å²) in [6.45, 7) is 5.47. The second-order valence-corrected chi connectivity index (χ2v) is 9.82. The van der Waals surface area contributed by atoms with Crippen molar-refractivity contribution in [2.75, 3.05) is 19.7 Å². The summed E-state index contributed by atoms with van der Waals surface area (Å²) < 4.78 is 11.8. The van der Waals surface area contributed by atoms with Crippen LogP contribution in [0, 0.1) is 11.8 Å². The second-order valence-electron chi connectivity index (χ2n) is 8.98. The molecule has 2 fully saturated rings. The van der Waals surface area contributed by atoms with Crippen LogP contribution >= 0.6 is 23.2 Å². The molecule has 0 spiro atoms. The summed E-state index contributed by atoms with van der Waals surface area (Å²) in [6, 6.07) is 13.9. The molecule has 6 nitrogen and oxygen atoms in total. The van der Waals surface area contributed by atoms with E-state index in [1.807, 2.05) is 18.2 Å². The van der Waals surface area contributed by atoms with Gasteiger partial charge in [0, 0.05) is 48.0 Å². The quantitative estimate of drug-likeness (QED) is 0.504. The van der Waals surface area contributed by atoms with Crippen molar-refractivity contribution in [3.8, 4) is 5.75 Å². The molecule has 5 rings (SSSR count). The number of amides is 1. The Labute approximate surface area is 203 Å². The zero-order valence-electron chi connectivity index (χ0n) is 18.5. The minimum absolute atomic E-state index is 0.172. The van der Waals surface area contributed by atoms with E-state index in [1.165, 1.54) is 5.56 Å². The number of fused-ring (bicyclic) bond motifs is 2. The lowest BCUT2D eigenvalue weighted by molar-refractivity contribution is -0.176. The van der Waals surface area contributed by atoms with Crippen LogP contribution in [0.3, 0.4) is 0 Å². The van der Waals surface area contributed by atoms with Gasteiger partial charge in [0.1, 0.15) is 11.7 Å². The summed E-state index contributed by atoms with van der Waals surface area (Å²) >= 11 is 12.9. The summed E-state index contributed by atoms with van der Waals surface area (Å²) in [4.78, 5) is 28.6. The Balaban J connectivity index is 1.59. The fraction of sp³-hybridized carbons (Fsp3) is 0.440. The summed E-state index contributed by atoms with van der Waals surface area (Å²) in [6.07, 6.45) is 0.574. The molecule has 0 aromatic heterocycles. The van der Waals surface area contributed by atoms with Crippen LogP contribution in [0.2, 0.25) is 10.0 Å². The number of benzene rings is 2. The molecule has 33 heavy (non-hydrogen) atoms. The Bertz CT molecular complexity index is 1100. The van der Waals surface area contributed by atoms with Gasteiger partial charge in [-0.3, -0.25) is 14.5 Å². The van der Waals surface area contributed by atoms with E-state index in [0.717, 1.165) is 6.54 Å². The third kappa shape index (κ3) is 3.69. The highest BCUT2D eigenvalue weighted by Gasteiger charge is 2.62. The minimum Gasteiger partial charge on any atom is -0.466 e. The van der Waals surface area contributed by atoms with Crippen LogP contribution < -0.4 is 10.1 Å². The first-order valence-corrected chi connectivity index (χ1v) is 12.1. The van der Waals surface area contributed by atoms with E-state index in [1.54, 1.807) is 19.1 Å². The predicted octanol–water partition coefficient (Wildman–Crippen LogP) is 4.56. The van der Waals surface area contributed by atoms with Crippen LogP contribution in [-0.4, -0.2) is 42.2 Å². The maximum atomic E-state index is 13.2. The molecule has 8 heteroatoms. The Morgan fingerprint density at radius 2 is 2.06 bits per heavy atom. The van der Waals surface area contributed by atoms with Gasteiger partial charge in [0.25, 0.3) is 0 Å².